The van der Waals surface area contributed by atoms with Gasteiger partial charge in [-0.1, -0.05) is 134 Å². The van der Waals surface area contributed by atoms with Crippen molar-refractivity contribution in [1.82, 2.24) is 59.8 Å². The van der Waals surface area contributed by atoms with Crippen molar-refractivity contribution in [3.05, 3.63) is 218 Å². The second kappa shape index (κ2) is 50.7. The summed E-state index contributed by atoms with van der Waals surface area (Å²) in [7, 11) is 0. The van der Waals surface area contributed by atoms with Crippen LogP contribution in [0.2, 0.25) is 0 Å². The molecule has 11 aromatic rings. The van der Waals surface area contributed by atoms with Crippen LogP contribution in [0.4, 0.5) is 0 Å². The van der Waals surface area contributed by atoms with Crippen molar-refractivity contribution >= 4 is 21.5 Å². The van der Waals surface area contributed by atoms with E-state index in [4.69, 9.17) is 40.9 Å². The maximum Gasteiger partial charge on any atom is 0.127 e. The molecule has 7 aromatic carbocycles. The molecule has 102 heavy (non-hydrogen) atoms. The maximum absolute atomic E-state index is 8.56. The summed E-state index contributed by atoms with van der Waals surface area (Å²) in [5.74, 6) is 5.65. The number of hydrogen-bond acceptors (Lipinski definition) is 20. The number of rotatable bonds is 13. The van der Waals surface area contributed by atoms with E-state index in [1.54, 1.807) is 61.7 Å². The molecule has 0 spiro atoms. The number of aliphatic hydroxyl groups excluding tert-OH is 8. The van der Waals surface area contributed by atoms with Gasteiger partial charge in [-0.05, 0) is 102 Å². The minimum absolute atomic E-state index is 0. The molecule has 20 nitrogen and oxygen atoms in total. The van der Waals surface area contributed by atoms with Crippen LogP contribution in [0.5, 0.6) is 0 Å². The molecule has 24 heteroatoms. The predicted molar refractivity (Wildman–Crippen MR) is 386 cm³/mol. The molecular weight excluding hydrogens is 2000 g/mol. The van der Waals surface area contributed by atoms with Gasteiger partial charge in [-0.2, -0.15) is 0 Å². The van der Waals surface area contributed by atoms with Crippen LogP contribution in [0.25, 0.3) is 78.2 Å². The molecule has 0 fully saturated rings. The smallest absolute Gasteiger partial charge is 0.127 e. The van der Waals surface area contributed by atoms with E-state index in [0.29, 0.717) is 54.8 Å². The third-order valence-corrected chi connectivity index (χ3v) is 13.3. The molecule has 0 saturated heterocycles. The average Bonchev–Trinajstić information content (AvgIpc) is 0.813. The fraction of sp³-hybridized carbons (Fsp3) is 0.359. The molecule has 11 rings (SSSR count). The van der Waals surface area contributed by atoms with E-state index < -0.39 is 0 Å². The van der Waals surface area contributed by atoms with Crippen molar-refractivity contribution in [2.24, 2.45) is 0 Å². The Balaban J connectivity index is 0.00000118. The molecule has 0 aliphatic carbocycles. The Labute approximate surface area is 655 Å². The molecule has 0 aliphatic rings. The third-order valence-electron chi connectivity index (χ3n) is 13.3. The van der Waals surface area contributed by atoms with Crippen LogP contribution in [0.1, 0.15) is 131 Å². The van der Waals surface area contributed by atoms with Crippen molar-refractivity contribution in [3.63, 3.8) is 0 Å². The molecule has 0 aliphatic heterocycles. The van der Waals surface area contributed by atoms with Crippen LogP contribution in [-0.2, 0) is 85.8 Å². The molecule has 556 valence electrons. The SMILES string of the molecule is CC(O)CC(C)O.CC(O)CC(C)O.CC(O)CC(C)O.CC(O)CC(C)O.Cc1cc[c-]c(-c2ncnc(C(C)(C)C)n2)c1.Cc1ncnc(-c2[c-]cc(-c3ccccc3)cc2)n1.Cc1ncnc(-c2[c-]cc3ccccc3c2)n1.Cc1ncnc(-c2[c-]ccc3ccccc23)n1.[Ir].[Ir].[Ir].[Ir]. The Hall–Kier alpha value is -6.62. The van der Waals surface area contributed by atoms with E-state index in [9.17, 15) is 0 Å². The van der Waals surface area contributed by atoms with Crippen molar-refractivity contribution < 1.29 is 121 Å². The first-order valence-corrected chi connectivity index (χ1v) is 32.5. The van der Waals surface area contributed by atoms with Crippen LogP contribution in [0, 0.1) is 52.0 Å². The summed E-state index contributed by atoms with van der Waals surface area (Å²) in [4.78, 5) is 50.4. The molecule has 0 bridgehead atoms. The predicted octanol–water partition coefficient (Wildman–Crippen LogP) is 12.4. The molecule has 8 N–H and O–H groups in total. The van der Waals surface area contributed by atoms with Crippen LogP contribution in [-0.4, -0.2) is 149 Å². The van der Waals surface area contributed by atoms with Crippen molar-refractivity contribution in [1.29, 1.82) is 0 Å². The van der Waals surface area contributed by atoms with Gasteiger partial charge in [-0.3, -0.25) is 39.9 Å². The van der Waals surface area contributed by atoms with E-state index in [0.717, 1.165) is 50.7 Å². The third kappa shape index (κ3) is 38.2. The maximum atomic E-state index is 8.56. The van der Waals surface area contributed by atoms with Gasteiger partial charge in [0.15, 0.2) is 0 Å². The van der Waals surface area contributed by atoms with Gasteiger partial charge in [0, 0.05) is 85.8 Å². The van der Waals surface area contributed by atoms with Gasteiger partial charge < -0.3 is 40.9 Å². The zero-order valence-corrected chi connectivity index (χ0v) is 69.9. The Morgan fingerprint density at radius 2 is 0.735 bits per heavy atom. The summed E-state index contributed by atoms with van der Waals surface area (Å²) >= 11 is 0. The zero-order valence-electron chi connectivity index (χ0n) is 60.3. The second-order valence-electron chi connectivity index (χ2n) is 24.7. The second-order valence-corrected chi connectivity index (χ2v) is 24.7. The van der Waals surface area contributed by atoms with E-state index in [1.807, 2.05) is 125 Å². The topological polar surface area (TPSA) is 317 Å². The number of aryl methyl sites for hydroxylation is 4. The fourth-order valence-corrected chi connectivity index (χ4v) is 8.96. The van der Waals surface area contributed by atoms with Crippen molar-refractivity contribution in [3.8, 4) is 56.7 Å². The monoisotopic (exact) mass is 2100 g/mol. The van der Waals surface area contributed by atoms with Crippen LogP contribution in [0.3, 0.4) is 0 Å². The summed E-state index contributed by atoms with van der Waals surface area (Å²) in [6.45, 7) is 27.2. The van der Waals surface area contributed by atoms with Gasteiger partial charge in [0.2, 0.25) is 0 Å². The Morgan fingerprint density at radius 3 is 1.18 bits per heavy atom. The normalized spacial score (nSPS) is 12.6. The Kier molecular flexibility index (Phi) is 47.4. The van der Waals surface area contributed by atoms with Crippen LogP contribution >= 0.6 is 0 Å². The van der Waals surface area contributed by atoms with E-state index in [-0.39, 0.29) is 135 Å². The van der Waals surface area contributed by atoms with Gasteiger partial charge in [0.25, 0.3) is 0 Å². The van der Waals surface area contributed by atoms with E-state index >= 15 is 0 Å². The fourth-order valence-electron chi connectivity index (χ4n) is 8.96. The first kappa shape index (κ1) is 95.4. The molecule has 8 unspecified atom stereocenters. The summed E-state index contributed by atoms with van der Waals surface area (Å²) in [5.41, 5.74) is 7.04. The summed E-state index contributed by atoms with van der Waals surface area (Å²) in [6, 6.07) is 59.2. The van der Waals surface area contributed by atoms with Crippen LogP contribution in [0.15, 0.2) is 165 Å². The number of aromatic nitrogens is 12. The molecular formula is C78H96Ir4N12O8-4. The largest absolute Gasteiger partial charge is 0.393 e. The minimum atomic E-state index is -0.375. The van der Waals surface area contributed by atoms with Crippen LogP contribution < -0.4 is 0 Å². The molecule has 4 radical (unpaired) electrons. The molecule has 0 saturated carbocycles. The number of nitrogens with zero attached hydrogens (tertiary/aromatic N) is 12. The molecule has 4 heterocycles. The first-order valence-electron chi connectivity index (χ1n) is 32.5. The van der Waals surface area contributed by atoms with Gasteiger partial charge in [-0.15, -0.1) is 118 Å². The van der Waals surface area contributed by atoms with Gasteiger partial charge >= 0.3 is 0 Å². The number of fused-ring (bicyclic) bond motifs is 2. The first-order chi connectivity index (χ1) is 46.5. The molecule has 8 atom stereocenters. The Bertz CT molecular complexity index is 3970. The number of aliphatic hydroxyl groups is 8. The number of hydrogen-bond donors (Lipinski definition) is 8. The van der Waals surface area contributed by atoms with Gasteiger partial charge in [0.1, 0.15) is 48.6 Å². The molecule has 0 amide bonds. The average molecular weight is 2100 g/mol. The number of benzene rings is 7. The van der Waals surface area contributed by atoms with E-state index in [2.05, 4.69) is 147 Å². The summed E-state index contributed by atoms with van der Waals surface area (Å²) < 4.78 is 0. The summed E-state index contributed by atoms with van der Waals surface area (Å²) in [5, 5.41) is 73.1. The van der Waals surface area contributed by atoms with Gasteiger partial charge in [0.05, 0.1) is 72.1 Å². The quantitative estimate of drug-likeness (QED) is 0.0497. The standard InChI is InChI=1S/C16H12N3.2C14H10N3.C14H16N3.4C5H12O2.4Ir/c1-12-17-11-18-16(19-12)15-9-7-14(8-10-15)13-5-3-2-4-6-13;1-10-15-9-16-14(17-10)13-8-4-6-11-5-2-3-7-12(11)13;1-10-15-9-16-14(17-10)13-7-6-11-4-2-3-5-12(11)8-13;1-10-6-5-7-11(8-10)12-15-9-16-13(17-12)14(2,3)4;4*1-4(6)3-5(2)7;;;;/h2-9,11H,1H3;2-7,9H,1H3;2-6,8-9H,1H3;5-6,8-9H,1-4H3;4*4-7H,3H2,1-2H3;;;;/q4*-1;;;;;;;;. The summed E-state index contributed by atoms with van der Waals surface area (Å²) in [6.07, 6.45) is 5.05. The van der Waals surface area contributed by atoms with Crippen molar-refractivity contribution in [2.45, 2.75) is 184 Å². The minimum Gasteiger partial charge on any atom is -0.393 e. The molecule has 4 aromatic heterocycles. The van der Waals surface area contributed by atoms with E-state index in [1.165, 1.54) is 46.3 Å². The zero-order chi connectivity index (χ0) is 72.3. The Morgan fingerprint density at radius 1 is 0.343 bits per heavy atom. The van der Waals surface area contributed by atoms with Gasteiger partial charge in [-0.25, -0.2) is 19.9 Å². The van der Waals surface area contributed by atoms with Crippen molar-refractivity contribution in [2.75, 3.05) is 0 Å².